The molecule has 0 rings (SSSR count). The van der Waals surface area contributed by atoms with Crippen LogP contribution in [0.2, 0.25) is 0 Å². The smallest absolute Gasteiger partial charge is 0.437 e. The van der Waals surface area contributed by atoms with Crippen molar-refractivity contribution in [3.63, 3.8) is 0 Å². The topological polar surface area (TPSA) is 159 Å². The van der Waals surface area contributed by atoms with Gasteiger partial charge in [-0.1, -0.05) is 129 Å². The van der Waals surface area contributed by atoms with Crippen molar-refractivity contribution in [3.05, 3.63) is 0 Å². The molecule has 5 amide bonds. The monoisotopic (exact) mass is 753 g/mol. The molecule has 0 aliphatic carbocycles. The van der Waals surface area contributed by atoms with E-state index in [1.54, 1.807) is 41.5 Å². The van der Waals surface area contributed by atoms with Crippen LogP contribution in [-0.2, 0) is 14.3 Å². The summed E-state index contributed by atoms with van der Waals surface area (Å²) in [7, 11) is 0. The Hall–Kier alpha value is -3.05. The second kappa shape index (κ2) is 31.3. The molecule has 0 spiro atoms. The molecule has 5 N–H and O–H groups in total. The van der Waals surface area contributed by atoms with Crippen LogP contribution in [0.3, 0.4) is 0 Å². The van der Waals surface area contributed by atoms with Crippen molar-refractivity contribution in [1.82, 2.24) is 26.6 Å². The molecule has 0 aliphatic rings. The Morgan fingerprint density at radius 1 is 0.528 bits per heavy atom. The highest BCUT2D eigenvalue weighted by Crippen LogP contribution is 2.13. The zero-order chi connectivity index (χ0) is 39.8. The largest absolute Gasteiger partial charge is 0.444 e. The first-order valence-electron chi connectivity index (χ1n) is 21.0. The molecule has 0 aliphatic heterocycles. The summed E-state index contributed by atoms with van der Waals surface area (Å²) in [5, 5.41) is 14.2. The Morgan fingerprint density at radius 3 is 1.40 bits per heavy atom. The van der Waals surface area contributed by atoms with Gasteiger partial charge < -0.3 is 30.7 Å². The highest BCUT2D eigenvalue weighted by Gasteiger charge is 2.22. The number of rotatable bonds is 28. The number of guanidine groups is 1. The Labute approximate surface area is 323 Å². The average Bonchev–Trinajstić information content (AvgIpc) is 3.05. The summed E-state index contributed by atoms with van der Waals surface area (Å²) in [6.07, 6.45) is 23.6. The molecule has 0 aromatic rings. The number of hydrogen-bond donors (Lipinski definition) is 5. The molecule has 12 nitrogen and oxygen atoms in total. The Morgan fingerprint density at radius 2 is 0.943 bits per heavy atom. The first kappa shape index (κ1) is 49.9. The van der Waals surface area contributed by atoms with Gasteiger partial charge in [-0.05, 0) is 67.2 Å². The molecule has 1 atom stereocenters. The van der Waals surface area contributed by atoms with Crippen molar-refractivity contribution < 1.29 is 28.7 Å². The number of ether oxygens (including phenoxy) is 2. The van der Waals surface area contributed by atoms with E-state index in [-0.39, 0.29) is 24.4 Å². The molecule has 0 aromatic heterocycles. The van der Waals surface area contributed by atoms with Gasteiger partial charge in [0.1, 0.15) is 17.2 Å². The number of amides is 5. The number of alkyl carbamates (subject to hydrolysis) is 1. The van der Waals surface area contributed by atoms with Crippen LogP contribution in [0.5, 0.6) is 0 Å². The highest BCUT2D eigenvalue weighted by atomic mass is 16.6. The predicted octanol–water partition coefficient (Wildman–Crippen LogP) is 9.80. The molecule has 0 saturated carbocycles. The SMILES string of the molecule is CCCCCCCCCCCCCCCCNC(=O)N[C@@H](CCCNC(=NC(=O)OC(C)(C)C)NC(=O)OC(C)(C)C)C(=O)NCCCCCCCC. The van der Waals surface area contributed by atoms with Crippen molar-refractivity contribution in [2.75, 3.05) is 19.6 Å². The first-order chi connectivity index (χ1) is 25.2. The van der Waals surface area contributed by atoms with Crippen LogP contribution in [0.25, 0.3) is 0 Å². The van der Waals surface area contributed by atoms with Crippen LogP contribution >= 0.6 is 0 Å². The summed E-state index contributed by atoms with van der Waals surface area (Å²) in [4.78, 5) is 54.7. The van der Waals surface area contributed by atoms with E-state index in [0.717, 1.165) is 32.1 Å². The lowest BCUT2D eigenvalue weighted by molar-refractivity contribution is -0.123. The Kier molecular flexibility index (Phi) is 29.5. The summed E-state index contributed by atoms with van der Waals surface area (Å²) >= 11 is 0. The molecule has 0 bridgehead atoms. The van der Waals surface area contributed by atoms with E-state index in [4.69, 9.17) is 9.47 Å². The molecule has 0 unspecified atom stereocenters. The van der Waals surface area contributed by atoms with Gasteiger partial charge in [-0.15, -0.1) is 4.99 Å². The number of unbranched alkanes of at least 4 members (excludes halogenated alkanes) is 18. The molecule has 310 valence electrons. The van der Waals surface area contributed by atoms with E-state index in [9.17, 15) is 19.2 Å². The predicted molar refractivity (Wildman–Crippen MR) is 217 cm³/mol. The van der Waals surface area contributed by atoms with Gasteiger partial charge in [0.25, 0.3) is 0 Å². The molecule has 12 heteroatoms. The lowest BCUT2D eigenvalue weighted by atomic mass is 10.0. The quantitative estimate of drug-likeness (QED) is 0.0302. The maximum atomic E-state index is 13.2. The van der Waals surface area contributed by atoms with E-state index in [2.05, 4.69) is 45.4 Å². The van der Waals surface area contributed by atoms with Crippen molar-refractivity contribution in [2.24, 2.45) is 4.99 Å². The van der Waals surface area contributed by atoms with Gasteiger partial charge in [0.05, 0.1) is 0 Å². The molecule has 0 heterocycles. The summed E-state index contributed by atoms with van der Waals surface area (Å²) < 4.78 is 10.6. The number of hydrogen-bond acceptors (Lipinski definition) is 6. The summed E-state index contributed by atoms with van der Waals surface area (Å²) in [6, 6.07) is -1.12. The summed E-state index contributed by atoms with van der Waals surface area (Å²) in [5.41, 5.74) is -1.53. The standard InChI is InChI=1S/C41H80N6O6/c1-9-11-13-15-17-18-19-20-21-22-23-24-26-28-32-44-37(49)45-34(35(48)42-31-27-25-16-14-12-10-2)30-29-33-43-36(46-38(50)52-40(3,4)5)47-39(51)53-41(6,7)8/h34H,9-33H2,1-8H3,(H,42,48)(H2,44,45,49)(H2,43,46,47,50,51)/t34-/m0/s1. The van der Waals surface area contributed by atoms with Crippen LogP contribution in [0, 0.1) is 0 Å². The molecule has 0 saturated heterocycles. The van der Waals surface area contributed by atoms with Crippen molar-refractivity contribution in [1.29, 1.82) is 0 Å². The molecular weight excluding hydrogens is 672 g/mol. The number of carbonyl (C=O) groups is 4. The van der Waals surface area contributed by atoms with Gasteiger partial charge in [0, 0.05) is 19.6 Å². The maximum Gasteiger partial charge on any atom is 0.437 e. The van der Waals surface area contributed by atoms with Gasteiger partial charge in [-0.25, -0.2) is 14.4 Å². The van der Waals surface area contributed by atoms with Crippen molar-refractivity contribution in [3.8, 4) is 0 Å². The third kappa shape index (κ3) is 34.5. The fourth-order valence-electron chi connectivity index (χ4n) is 5.64. The zero-order valence-electron chi connectivity index (χ0n) is 35.2. The number of aliphatic imine (C=N–C) groups is 1. The Balaban J connectivity index is 4.88. The Bertz CT molecular complexity index is 1010. The number of urea groups is 1. The summed E-state index contributed by atoms with van der Waals surface area (Å²) in [5.74, 6) is -0.365. The van der Waals surface area contributed by atoms with E-state index in [0.29, 0.717) is 25.9 Å². The second-order valence-corrected chi connectivity index (χ2v) is 16.2. The fraction of sp³-hybridized carbons (Fsp3) is 0.878. The van der Waals surface area contributed by atoms with Gasteiger partial charge in [-0.3, -0.25) is 10.1 Å². The van der Waals surface area contributed by atoms with Gasteiger partial charge in [0.15, 0.2) is 0 Å². The van der Waals surface area contributed by atoms with Crippen molar-refractivity contribution in [2.45, 2.75) is 214 Å². The normalized spacial score (nSPS) is 12.5. The van der Waals surface area contributed by atoms with Crippen LogP contribution < -0.4 is 26.6 Å². The van der Waals surface area contributed by atoms with Crippen LogP contribution in [0.15, 0.2) is 4.99 Å². The minimum absolute atomic E-state index is 0.128. The fourth-order valence-corrected chi connectivity index (χ4v) is 5.64. The minimum Gasteiger partial charge on any atom is -0.444 e. The van der Waals surface area contributed by atoms with Crippen LogP contribution in [0.1, 0.15) is 197 Å². The number of carbonyl (C=O) groups excluding carboxylic acids is 4. The zero-order valence-corrected chi connectivity index (χ0v) is 35.2. The minimum atomic E-state index is -0.875. The van der Waals surface area contributed by atoms with Gasteiger partial charge in [0.2, 0.25) is 11.9 Å². The van der Waals surface area contributed by atoms with E-state index >= 15 is 0 Å². The molecule has 0 radical (unpaired) electrons. The van der Waals surface area contributed by atoms with E-state index in [1.165, 1.54) is 96.3 Å². The van der Waals surface area contributed by atoms with Gasteiger partial charge >= 0.3 is 18.2 Å². The van der Waals surface area contributed by atoms with E-state index in [1.807, 2.05) is 0 Å². The molecule has 0 aromatic carbocycles. The van der Waals surface area contributed by atoms with Gasteiger partial charge in [-0.2, -0.15) is 0 Å². The van der Waals surface area contributed by atoms with Crippen LogP contribution in [0.4, 0.5) is 14.4 Å². The lowest BCUT2D eigenvalue weighted by Gasteiger charge is -2.21. The van der Waals surface area contributed by atoms with Crippen LogP contribution in [-0.4, -0.2) is 67.0 Å². The van der Waals surface area contributed by atoms with E-state index < -0.39 is 29.4 Å². The third-order valence-corrected chi connectivity index (χ3v) is 8.45. The lowest BCUT2D eigenvalue weighted by Crippen LogP contribution is -2.50. The average molecular weight is 753 g/mol. The molecule has 0 fully saturated rings. The first-order valence-corrected chi connectivity index (χ1v) is 21.0. The summed E-state index contributed by atoms with van der Waals surface area (Å²) in [6.45, 7) is 16.1. The second-order valence-electron chi connectivity index (χ2n) is 16.2. The number of nitrogens with one attached hydrogen (secondary N) is 5. The maximum absolute atomic E-state index is 13.2. The molecular formula is C41H80N6O6. The third-order valence-electron chi connectivity index (χ3n) is 8.45. The molecule has 53 heavy (non-hydrogen) atoms. The highest BCUT2D eigenvalue weighted by molar-refractivity contribution is 5.98. The number of nitrogens with zero attached hydrogens (tertiary/aromatic N) is 1. The van der Waals surface area contributed by atoms with Crippen molar-refractivity contribution >= 4 is 30.1 Å².